The van der Waals surface area contributed by atoms with E-state index in [-0.39, 0.29) is 11.1 Å². The van der Waals surface area contributed by atoms with Gasteiger partial charge < -0.3 is 14.8 Å². The zero-order valence-corrected chi connectivity index (χ0v) is 9.64. The number of carboxylic acids is 1. The van der Waals surface area contributed by atoms with Crippen molar-refractivity contribution in [2.45, 2.75) is 0 Å². The van der Waals surface area contributed by atoms with Crippen LogP contribution >= 0.6 is 0 Å². The first-order valence-electron chi connectivity index (χ1n) is 5.22. The molecule has 1 heterocycles. The van der Waals surface area contributed by atoms with Crippen LogP contribution in [0.2, 0.25) is 0 Å². The molecule has 0 aliphatic rings. The fourth-order valence-electron chi connectivity index (χ4n) is 1.61. The lowest BCUT2D eigenvalue weighted by Gasteiger charge is -2.03. The van der Waals surface area contributed by atoms with Crippen molar-refractivity contribution >= 4 is 22.9 Å². The van der Waals surface area contributed by atoms with Crippen LogP contribution in [0.3, 0.4) is 0 Å². The van der Waals surface area contributed by atoms with Gasteiger partial charge in [0, 0.05) is 22.5 Å². The van der Waals surface area contributed by atoms with Crippen molar-refractivity contribution in [1.82, 2.24) is 4.98 Å². The van der Waals surface area contributed by atoms with Crippen LogP contribution in [0.15, 0.2) is 35.1 Å². The number of aromatic amines is 1. The fourth-order valence-corrected chi connectivity index (χ4v) is 1.61. The number of aromatic nitrogens is 1. The largest absolute Gasteiger partial charge is 0.497 e. The Morgan fingerprint density at radius 2 is 2.17 bits per heavy atom. The van der Waals surface area contributed by atoms with Crippen LogP contribution < -0.4 is 10.3 Å². The lowest BCUT2D eigenvalue weighted by Crippen LogP contribution is -2.09. The quantitative estimate of drug-likeness (QED) is 0.805. The number of hydrogen-bond donors (Lipinski definition) is 2. The van der Waals surface area contributed by atoms with E-state index in [0.717, 1.165) is 11.5 Å². The van der Waals surface area contributed by atoms with Gasteiger partial charge in [0.15, 0.2) is 0 Å². The van der Waals surface area contributed by atoms with Crippen molar-refractivity contribution in [3.05, 3.63) is 46.3 Å². The molecule has 0 radical (unpaired) electrons. The summed E-state index contributed by atoms with van der Waals surface area (Å²) < 4.78 is 5.09. The number of carboxylic acid groups (broad SMARTS) is 1. The second-order valence-corrected chi connectivity index (χ2v) is 3.68. The average molecular weight is 245 g/mol. The lowest BCUT2D eigenvalue weighted by atomic mass is 10.1. The van der Waals surface area contributed by atoms with E-state index in [2.05, 4.69) is 4.98 Å². The molecule has 0 spiro atoms. The van der Waals surface area contributed by atoms with Gasteiger partial charge in [-0.25, -0.2) is 4.79 Å². The Bertz CT molecular complexity index is 685. The number of fused-ring (bicyclic) bond motifs is 1. The van der Waals surface area contributed by atoms with Gasteiger partial charge in [-0.15, -0.1) is 0 Å². The van der Waals surface area contributed by atoms with E-state index in [0.29, 0.717) is 11.3 Å². The molecule has 5 nitrogen and oxygen atoms in total. The number of nitrogens with one attached hydrogen (secondary N) is 1. The number of benzene rings is 1. The van der Waals surface area contributed by atoms with Gasteiger partial charge in [0.2, 0.25) is 0 Å². The first-order chi connectivity index (χ1) is 8.60. The molecule has 18 heavy (non-hydrogen) atoms. The zero-order valence-electron chi connectivity index (χ0n) is 9.64. The topological polar surface area (TPSA) is 79.4 Å². The van der Waals surface area contributed by atoms with E-state index in [4.69, 9.17) is 9.84 Å². The van der Waals surface area contributed by atoms with E-state index in [1.54, 1.807) is 31.4 Å². The van der Waals surface area contributed by atoms with Gasteiger partial charge >= 0.3 is 5.97 Å². The monoisotopic (exact) mass is 245 g/mol. The molecule has 5 heteroatoms. The number of ether oxygens (including phenoxy) is 1. The van der Waals surface area contributed by atoms with E-state index in [1.807, 2.05) is 0 Å². The molecule has 1 aromatic heterocycles. The third-order valence-corrected chi connectivity index (χ3v) is 2.49. The molecule has 0 fully saturated rings. The summed E-state index contributed by atoms with van der Waals surface area (Å²) in [6, 6.07) is 6.87. The molecule has 0 unspecified atom stereocenters. The normalized spacial score (nSPS) is 10.9. The zero-order chi connectivity index (χ0) is 13.1. The van der Waals surface area contributed by atoms with Crippen LogP contribution in [0.5, 0.6) is 5.75 Å². The summed E-state index contributed by atoms with van der Waals surface area (Å²) in [6.45, 7) is 0. The predicted molar refractivity (Wildman–Crippen MR) is 67.8 cm³/mol. The molecule has 1 aromatic carbocycles. The van der Waals surface area contributed by atoms with Gasteiger partial charge in [0.25, 0.3) is 5.56 Å². The van der Waals surface area contributed by atoms with Gasteiger partial charge in [-0.3, -0.25) is 4.79 Å². The third kappa shape index (κ3) is 2.40. The Labute approximate surface area is 102 Å². The van der Waals surface area contributed by atoms with Crippen LogP contribution in [0, 0.1) is 0 Å². The van der Waals surface area contributed by atoms with Crippen LogP contribution in [0.25, 0.3) is 17.0 Å². The number of aliphatic carboxylic acids is 1. The highest BCUT2D eigenvalue weighted by atomic mass is 16.5. The van der Waals surface area contributed by atoms with Crippen molar-refractivity contribution in [2.75, 3.05) is 7.11 Å². The highest BCUT2D eigenvalue weighted by Crippen LogP contribution is 2.18. The summed E-state index contributed by atoms with van der Waals surface area (Å²) in [5.41, 5.74) is 0.636. The van der Waals surface area contributed by atoms with E-state index in [9.17, 15) is 9.59 Å². The summed E-state index contributed by atoms with van der Waals surface area (Å²) in [7, 11) is 1.55. The molecule has 2 aromatic rings. The molecule has 2 rings (SSSR count). The first-order valence-corrected chi connectivity index (χ1v) is 5.22. The third-order valence-electron chi connectivity index (χ3n) is 2.49. The van der Waals surface area contributed by atoms with Gasteiger partial charge in [-0.05, 0) is 30.3 Å². The molecule has 0 aliphatic carbocycles. The maximum Gasteiger partial charge on any atom is 0.328 e. The minimum absolute atomic E-state index is 0.290. The minimum Gasteiger partial charge on any atom is -0.497 e. The van der Waals surface area contributed by atoms with Gasteiger partial charge in [-0.1, -0.05) is 0 Å². The van der Waals surface area contributed by atoms with Crippen LogP contribution in [-0.2, 0) is 4.79 Å². The fraction of sp³-hybridized carbons (Fsp3) is 0.0769. The summed E-state index contributed by atoms with van der Waals surface area (Å²) in [5.74, 6) is -0.428. The Balaban J connectivity index is 2.58. The number of H-pyrrole nitrogens is 1. The molecule has 0 saturated carbocycles. The number of methoxy groups -OCH3 is 1. The number of hydrogen-bond acceptors (Lipinski definition) is 3. The van der Waals surface area contributed by atoms with Crippen LogP contribution in [-0.4, -0.2) is 23.2 Å². The molecule has 92 valence electrons. The van der Waals surface area contributed by atoms with Crippen molar-refractivity contribution in [2.24, 2.45) is 0 Å². The van der Waals surface area contributed by atoms with Crippen LogP contribution in [0.1, 0.15) is 5.56 Å². The molecular weight excluding hydrogens is 234 g/mol. The Hall–Kier alpha value is -2.56. The summed E-state index contributed by atoms with van der Waals surface area (Å²) >= 11 is 0. The summed E-state index contributed by atoms with van der Waals surface area (Å²) in [5, 5.41) is 9.32. The predicted octanol–water partition coefficient (Wildman–Crippen LogP) is 1.63. The second-order valence-electron chi connectivity index (χ2n) is 3.68. The summed E-state index contributed by atoms with van der Waals surface area (Å²) in [6.07, 6.45) is 2.19. The Kier molecular flexibility index (Phi) is 3.14. The smallest absolute Gasteiger partial charge is 0.328 e. The SMILES string of the molecule is COc1ccc2[nH]c(=O)c(C=CC(=O)O)cc2c1. The first kappa shape index (κ1) is 11.9. The van der Waals surface area contributed by atoms with Crippen molar-refractivity contribution in [3.8, 4) is 5.75 Å². The van der Waals surface area contributed by atoms with E-state index >= 15 is 0 Å². The minimum atomic E-state index is -1.10. The molecular formula is C13H11NO4. The standard InChI is InChI=1S/C13H11NO4/c1-18-10-3-4-11-9(7-10)6-8(13(17)14-11)2-5-12(15)16/h2-7H,1H3,(H,14,17)(H,15,16). The molecule has 0 saturated heterocycles. The van der Waals surface area contributed by atoms with Crippen molar-refractivity contribution in [1.29, 1.82) is 0 Å². The number of pyridine rings is 1. The van der Waals surface area contributed by atoms with Gasteiger partial charge in [-0.2, -0.15) is 0 Å². The van der Waals surface area contributed by atoms with Crippen molar-refractivity contribution < 1.29 is 14.6 Å². The average Bonchev–Trinajstić information content (AvgIpc) is 2.35. The van der Waals surface area contributed by atoms with Crippen molar-refractivity contribution in [3.63, 3.8) is 0 Å². The maximum absolute atomic E-state index is 11.7. The Morgan fingerprint density at radius 1 is 1.39 bits per heavy atom. The highest BCUT2D eigenvalue weighted by Gasteiger charge is 2.02. The Morgan fingerprint density at radius 3 is 2.83 bits per heavy atom. The molecule has 0 aliphatic heterocycles. The summed E-state index contributed by atoms with van der Waals surface area (Å²) in [4.78, 5) is 24.8. The van der Waals surface area contributed by atoms with Gasteiger partial charge in [0.1, 0.15) is 5.75 Å². The van der Waals surface area contributed by atoms with Gasteiger partial charge in [0.05, 0.1) is 7.11 Å². The molecule has 0 bridgehead atoms. The second kappa shape index (κ2) is 4.75. The van der Waals surface area contributed by atoms with Crippen LogP contribution in [0.4, 0.5) is 0 Å². The molecule has 0 amide bonds. The number of carbonyl (C=O) groups is 1. The van der Waals surface area contributed by atoms with E-state index < -0.39 is 5.97 Å². The number of rotatable bonds is 3. The highest BCUT2D eigenvalue weighted by molar-refractivity contribution is 5.87. The maximum atomic E-state index is 11.7. The molecule has 2 N–H and O–H groups in total. The van der Waals surface area contributed by atoms with E-state index in [1.165, 1.54) is 6.08 Å². The molecule has 0 atom stereocenters. The lowest BCUT2D eigenvalue weighted by molar-refractivity contribution is -0.131.